The number of aromatic nitrogens is 4. The summed E-state index contributed by atoms with van der Waals surface area (Å²) in [7, 11) is 0. The van der Waals surface area contributed by atoms with Crippen molar-refractivity contribution in [2.75, 3.05) is 0 Å². The van der Waals surface area contributed by atoms with E-state index >= 15 is 0 Å². The lowest BCUT2D eigenvalue weighted by Gasteiger charge is -2.28. The van der Waals surface area contributed by atoms with Crippen LogP contribution in [0.1, 0.15) is 225 Å². The fourth-order valence-electron chi connectivity index (χ4n) is 18.7. The molecule has 4 saturated carbocycles. The summed E-state index contributed by atoms with van der Waals surface area (Å²) < 4.78 is 0. The molecule has 3 aromatic heterocycles. The fourth-order valence-corrected chi connectivity index (χ4v) is 18.7. The number of fused-ring (bicyclic) bond motifs is 28. The van der Waals surface area contributed by atoms with Gasteiger partial charge in [0.05, 0.1) is 22.8 Å². The molecule has 0 radical (unpaired) electrons. The Labute approximate surface area is 435 Å². The summed E-state index contributed by atoms with van der Waals surface area (Å²) in [6.45, 7) is 13.7. The Bertz CT molecular complexity index is 3700. The standard InChI is InChI=1S/C70H66N4/c1-33-23-35(3)59(36(4)24-33)65-51-15-19-55(71-51)67(69-61-43-11-7-39(27-43)47(61)31-48-40-8-12-44(28-40)62(48)69)57-21-17-53(73-57)66(60-37(5)25-34(2)26-38(60)6)54-18-22-58(74-54)68(56-20-16-52(65)72-56)70-63-45-13-9-41(29-45)49(63)32-50-42-10-14-46(30-42)64(50)70/h15-26,31-32,39-46,71,73H,7-14,27-30H2,1-6H3/t39-,40-,41-,42-,43+,44+,45+,46+/m0/s1. The zero-order valence-corrected chi connectivity index (χ0v) is 44.1. The number of aromatic amines is 2. The predicted octanol–water partition coefficient (Wildman–Crippen LogP) is 18.6. The highest BCUT2D eigenvalue weighted by Crippen LogP contribution is 2.66. The van der Waals surface area contributed by atoms with Crippen LogP contribution < -0.4 is 0 Å². The molecular formula is C70H66N4. The van der Waals surface area contributed by atoms with Gasteiger partial charge in [-0.3, -0.25) is 0 Å². The molecule has 0 spiro atoms. The van der Waals surface area contributed by atoms with Gasteiger partial charge >= 0.3 is 0 Å². The van der Waals surface area contributed by atoms with Gasteiger partial charge in [-0.2, -0.15) is 0 Å². The zero-order chi connectivity index (χ0) is 49.2. The molecule has 17 rings (SSSR count). The van der Waals surface area contributed by atoms with Gasteiger partial charge in [0.25, 0.3) is 0 Å². The number of hydrogen-bond donors (Lipinski definition) is 2. The molecule has 16 bridgehead atoms. The highest BCUT2D eigenvalue weighted by Gasteiger charge is 2.48. The van der Waals surface area contributed by atoms with Crippen molar-refractivity contribution in [1.82, 2.24) is 19.9 Å². The Morgan fingerprint density at radius 1 is 0.311 bits per heavy atom. The second-order valence-corrected chi connectivity index (χ2v) is 25.4. The molecule has 4 nitrogen and oxygen atoms in total. The largest absolute Gasteiger partial charge is 0.354 e. The first kappa shape index (κ1) is 42.8. The van der Waals surface area contributed by atoms with E-state index in [4.69, 9.17) is 9.97 Å². The monoisotopic (exact) mass is 963 g/mol. The minimum Gasteiger partial charge on any atom is -0.354 e. The van der Waals surface area contributed by atoms with Gasteiger partial charge in [-0.05, 0) is 304 Å². The molecule has 7 aromatic rings. The van der Waals surface area contributed by atoms with Crippen molar-refractivity contribution in [3.05, 3.63) is 161 Å². The van der Waals surface area contributed by atoms with E-state index < -0.39 is 0 Å². The Morgan fingerprint density at radius 2 is 0.595 bits per heavy atom. The van der Waals surface area contributed by atoms with Gasteiger partial charge in [-0.25, -0.2) is 9.97 Å². The number of nitrogens with zero attached hydrogens (tertiary/aromatic N) is 2. The van der Waals surface area contributed by atoms with E-state index in [1.165, 1.54) is 160 Å². The van der Waals surface area contributed by atoms with E-state index in [0.717, 1.165) is 33.8 Å². The van der Waals surface area contributed by atoms with Gasteiger partial charge in [0.15, 0.2) is 0 Å². The molecule has 4 heteroatoms. The van der Waals surface area contributed by atoms with E-state index in [2.05, 4.69) is 136 Å². The first-order chi connectivity index (χ1) is 36.1. The fraction of sp³-hybridized carbons (Fsp3) is 0.371. The maximum absolute atomic E-state index is 6.00. The number of H-pyrrole nitrogens is 2. The maximum atomic E-state index is 6.00. The van der Waals surface area contributed by atoms with Crippen LogP contribution in [0.15, 0.2) is 60.7 Å². The second-order valence-electron chi connectivity index (χ2n) is 25.4. The molecule has 366 valence electrons. The molecule has 0 unspecified atom stereocenters. The van der Waals surface area contributed by atoms with Crippen LogP contribution in [-0.4, -0.2) is 19.9 Å². The highest BCUT2D eigenvalue weighted by molar-refractivity contribution is 6.03. The first-order valence-electron chi connectivity index (χ1n) is 28.8. The van der Waals surface area contributed by atoms with E-state index in [1.54, 1.807) is 50.1 Å². The van der Waals surface area contributed by atoms with Crippen LogP contribution in [0.3, 0.4) is 0 Å². The minimum atomic E-state index is 0.601. The number of hydrogen-bond acceptors (Lipinski definition) is 2. The Morgan fingerprint density at radius 3 is 0.932 bits per heavy atom. The summed E-state index contributed by atoms with van der Waals surface area (Å²) in [5, 5.41) is 0. The van der Waals surface area contributed by atoms with Crippen LogP contribution in [-0.2, 0) is 0 Å². The normalized spacial score (nSPS) is 25.5. The highest BCUT2D eigenvalue weighted by atomic mass is 14.8. The molecule has 0 saturated heterocycles. The Balaban J connectivity index is 1.06. The third-order valence-electron chi connectivity index (χ3n) is 21.2. The minimum absolute atomic E-state index is 0.601. The summed E-state index contributed by atoms with van der Waals surface area (Å²) in [5.74, 6) is 5.15. The molecular weight excluding hydrogens is 897 g/mol. The smallest absolute Gasteiger partial charge is 0.0738 e. The molecule has 2 N–H and O–H groups in total. The summed E-state index contributed by atoms with van der Waals surface area (Å²) in [4.78, 5) is 20.6. The molecule has 2 aliphatic heterocycles. The van der Waals surface area contributed by atoms with E-state index in [9.17, 15) is 0 Å². The number of aryl methyl sites for hydroxylation is 6. The lowest BCUT2D eigenvalue weighted by molar-refractivity contribution is 0.692. The molecule has 4 aromatic carbocycles. The second kappa shape index (κ2) is 15.1. The van der Waals surface area contributed by atoms with Gasteiger partial charge in [-0.1, -0.05) is 47.5 Å². The third-order valence-corrected chi connectivity index (χ3v) is 21.2. The molecule has 5 heterocycles. The van der Waals surface area contributed by atoms with Crippen molar-refractivity contribution in [2.24, 2.45) is 0 Å². The quantitative estimate of drug-likeness (QED) is 0.185. The Kier molecular flexibility index (Phi) is 8.72. The van der Waals surface area contributed by atoms with Crippen LogP contribution in [0.5, 0.6) is 0 Å². The molecule has 74 heavy (non-hydrogen) atoms. The third kappa shape index (κ3) is 5.76. The van der Waals surface area contributed by atoms with Crippen molar-refractivity contribution in [2.45, 2.75) is 166 Å². The number of benzene rings is 4. The van der Waals surface area contributed by atoms with Gasteiger partial charge < -0.3 is 9.97 Å². The molecule has 0 amide bonds. The zero-order valence-electron chi connectivity index (χ0n) is 44.1. The summed E-state index contributed by atoms with van der Waals surface area (Å²) >= 11 is 0. The summed E-state index contributed by atoms with van der Waals surface area (Å²) in [5.41, 5.74) is 40.4. The number of rotatable bonds is 4. The van der Waals surface area contributed by atoms with Gasteiger partial charge in [0, 0.05) is 44.3 Å². The topological polar surface area (TPSA) is 57.4 Å². The predicted molar refractivity (Wildman–Crippen MR) is 306 cm³/mol. The van der Waals surface area contributed by atoms with Crippen molar-refractivity contribution >= 4 is 46.4 Å². The average molecular weight is 963 g/mol. The molecule has 8 aliphatic carbocycles. The van der Waals surface area contributed by atoms with Crippen LogP contribution in [0.2, 0.25) is 0 Å². The van der Waals surface area contributed by atoms with Gasteiger partial charge in [0.1, 0.15) is 0 Å². The van der Waals surface area contributed by atoms with E-state index in [0.29, 0.717) is 47.3 Å². The van der Waals surface area contributed by atoms with Crippen molar-refractivity contribution < 1.29 is 0 Å². The maximum Gasteiger partial charge on any atom is 0.0738 e. The first-order valence-corrected chi connectivity index (χ1v) is 28.8. The lowest BCUT2D eigenvalue weighted by atomic mass is 9.76. The Hall–Kier alpha value is -6.52. The van der Waals surface area contributed by atoms with Crippen molar-refractivity contribution in [1.29, 1.82) is 0 Å². The van der Waals surface area contributed by atoms with Crippen LogP contribution in [0, 0.1) is 41.5 Å². The van der Waals surface area contributed by atoms with E-state index in [1.807, 2.05) is 0 Å². The van der Waals surface area contributed by atoms with Gasteiger partial charge in [0.2, 0.25) is 0 Å². The summed E-state index contributed by atoms with van der Waals surface area (Å²) in [6.07, 6.45) is 25.2. The molecule has 4 fully saturated rings. The molecule has 10 aliphatic rings. The van der Waals surface area contributed by atoms with Crippen molar-refractivity contribution in [3.8, 4) is 44.5 Å². The van der Waals surface area contributed by atoms with E-state index in [-0.39, 0.29) is 0 Å². The average Bonchev–Trinajstić information content (AvgIpc) is 4.22. The van der Waals surface area contributed by atoms with Crippen LogP contribution in [0.4, 0.5) is 0 Å². The summed E-state index contributed by atoms with van der Waals surface area (Å²) in [6, 6.07) is 24.6. The van der Waals surface area contributed by atoms with Gasteiger partial charge in [-0.15, -0.1) is 0 Å². The van der Waals surface area contributed by atoms with Crippen LogP contribution >= 0.6 is 0 Å². The SMILES string of the molecule is Cc1cc(C)c(-c2c3nc(c(-c4c5c(cc6c4[C@@H]4CC[C@H]6C4)[C@H]4CC[C@@H]5C4)c4nc(c(-c5c(C)cc(C)cc5C)c5ccc([nH]5)c(-c5c6c(cc7c5[C@@H]5CC[C@H]7C5)[C@H]5CC[C@@H]6C5)c5ccc2[nH]5)C=C4)C=C3)c(C)c1. The molecule has 8 atom stereocenters. The lowest BCUT2D eigenvalue weighted by Crippen LogP contribution is -2.10. The van der Waals surface area contributed by atoms with Crippen LogP contribution in [0.25, 0.3) is 90.9 Å². The number of nitrogens with one attached hydrogen (secondary N) is 2. The van der Waals surface area contributed by atoms with Crippen molar-refractivity contribution in [3.63, 3.8) is 0 Å².